The first-order valence-corrected chi connectivity index (χ1v) is 11.9. The van der Waals surface area contributed by atoms with E-state index in [9.17, 15) is 9.59 Å². The van der Waals surface area contributed by atoms with Gasteiger partial charge < -0.3 is 10.2 Å². The molecular formula is C22H29N5O2S. The van der Waals surface area contributed by atoms with Gasteiger partial charge in [-0.25, -0.2) is 0 Å². The van der Waals surface area contributed by atoms with Gasteiger partial charge in [0.05, 0.1) is 5.69 Å². The van der Waals surface area contributed by atoms with Crippen LogP contribution in [0.2, 0.25) is 0 Å². The summed E-state index contributed by atoms with van der Waals surface area (Å²) in [5.74, 6) is -0.368. The van der Waals surface area contributed by atoms with E-state index in [0.717, 1.165) is 62.9 Å². The Labute approximate surface area is 181 Å². The molecule has 0 unspecified atom stereocenters. The minimum absolute atomic E-state index is 0.00272. The van der Waals surface area contributed by atoms with Crippen LogP contribution in [0.4, 0.5) is 0 Å². The molecule has 2 aromatic rings. The van der Waals surface area contributed by atoms with Crippen molar-refractivity contribution in [3.63, 3.8) is 0 Å². The lowest BCUT2D eigenvalue weighted by Gasteiger charge is -2.39. The van der Waals surface area contributed by atoms with Crippen molar-refractivity contribution in [1.29, 1.82) is 0 Å². The van der Waals surface area contributed by atoms with Crippen molar-refractivity contribution in [3.05, 3.63) is 41.2 Å². The van der Waals surface area contributed by atoms with Crippen molar-refractivity contribution in [2.75, 3.05) is 0 Å². The fourth-order valence-electron chi connectivity index (χ4n) is 4.71. The Bertz CT molecular complexity index is 817. The zero-order valence-corrected chi connectivity index (χ0v) is 18.0. The van der Waals surface area contributed by atoms with Gasteiger partial charge in [0, 0.05) is 23.7 Å². The summed E-state index contributed by atoms with van der Waals surface area (Å²) in [7, 11) is 0. The molecule has 30 heavy (non-hydrogen) atoms. The molecule has 2 aromatic heterocycles. The maximum absolute atomic E-state index is 13.6. The maximum Gasteiger partial charge on any atom is 0.276 e. The maximum atomic E-state index is 13.6. The lowest BCUT2D eigenvalue weighted by atomic mass is 9.91. The van der Waals surface area contributed by atoms with Gasteiger partial charge >= 0.3 is 0 Å². The topological polar surface area (TPSA) is 88.1 Å². The molecule has 1 atom stereocenters. The molecule has 2 amide bonds. The number of amides is 2. The number of hydrogen-bond acceptors (Lipinski definition) is 6. The van der Waals surface area contributed by atoms with Crippen LogP contribution in [0.25, 0.3) is 0 Å². The van der Waals surface area contributed by atoms with Crippen LogP contribution < -0.4 is 5.32 Å². The largest absolute Gasteiger partial charge is 0.351 e. The molecule has 0 saturated heterocycles. The third-order valence-corrected chi connectivity index (χ3v) is 6.73. The number of hydrogen-bond donors (Lipinski definition) is 1. The SMILES string of the molecule is O=C(NC1CCCCC1)[C@H](c1ccccn1)N(C(=O)c1csnn1)C1CCCCC1. The molecule has 2 aliphatic rings. The summed E-state index contributed by atoms with van der Waals surface area (Å²) < 4.78 is 3.87. The number of pyridine rings is 1. The number of carbonyl (C=O) groups is 2. The van der Waals surface area contributed by atoms with Crippen LogP contribution in [0.15, 0.2) is 29.8 Å². The highest BCUT2D eigenvalue weighted by atomic mass is 32.1. The fourth-order valence-corrected chi connectivity index (χ4v) is 5.14. The standard InChI is InChI=1S/C22H29N5O2S/c28-21(24-16-9-3-1-4-10-16)20(18-13-7-8-14-23-18)27(17-11-5-2-6-12-17)22(29)19-15-30-26-25-19/h7-8,13-17,20H,1-6,9-12H2,(H,24,28)/t20-/m0/s1. The molecule has 2 fully saturated rings. The van der Waals surface area contributed by atoms with Crippen molar-refractivity contribution >= 4 is 23.3 Å². The molecule has 0 bridgehead atoms. The summed E-state index contributed by atoms with van der Waals surface area (Å²) in [5, 5.41) is 8.90. The minimum Gasteiger partial charge on any atom is -0.351 e. The van der Waals surface area contributed by atoms with E-state index in [2.05, 4.69) is 19.9 Å². The van der Waals surface area contributed by atoms with E-state index in [-0.39, 0.29) is 23.9 Å². The molecule has 2 saturated carbocycles. The van der Waals surface area contributed by atoms with Crippen LogP contribution in [-0.4, -0.2) is 43.4 Å². The smallest absolute Gasteiger partial charge is 0.276 e. The lowest BCUT2D eigenvalue weighted by Crippen LogP contribution is -2.51. The van der Waals surface area contributed by atoms with Gasteiger partial charge in [-0.2, -0.15) is 0 Å². The molecule has 0 spiro atoms. The van der Waals surface area contributed by atoms with Crippen LogP contribution in [0.5, 0.6) is 0 Å². The van der Waals surface area contributed by atoms with Gasteiger partial charge in [0.2, 0.25) is 5.91 Å². The monoisotopic (exact) mass is 427 g/mol. The predicted octanol–water partition coefficient (Wildman–Crippen LogP) is 3.90. The average molecular weight is 428 g/mol. The van der Waals surface area contributed by atoms with Crippen LogP contribution in [0.3, 0.4) is 0 Å². The number of rotatable bonds is 6. The number of aromatic nitrogens is 3. The Balaban J connectivity index is 1.68. The molecule has 2 heterocycles. The van der Waals surface area contributed by atoms with Crippen LogP contribution in [0.1, 0.15) is 86.4 Å². The summed E-state index contributed by atoms with van der Waals surface area (Å²) in [6.45, 7) is 0. The quantitative estimate of drug-likeness (QED) is 0.755. The third-order valence-electron chi connectivity index (χ3n) is 6.23. The second-order valence-electron chi connectivity index (χ2n) is 8.30. The zero-order valence-electron chi connectivity index (χ0n) is 17.2. The van der Waals surface area contributed by atoms with Gasteiger partial charge in [0.15, 0.2) is 11.7 Å². The Morgan fingerprint density at radius 3 is 2.40 bits per heavy atom. The second-order valence-corrected chi connectivity index (χ2v) is 8.90. The first kappa shape index (κ1) is 20.9. The Morgan fingerprint density at radius 2 is 1.77 bits per heavy atom. The Morgan fingerprint density at radius 1 is 1.03 bits per heavy atom. The third kappa shape index (κ3) is 4.86. The van der Waals surface area contributed by atoms with Crippen molar-refractivity contribution in [2.45, 2.75) is 82.3 Å². The van der Waals surface area contributed by atoms with Gasteiger partial charge in [-0.1, -0.05) is 49.1 Å². The van der Waals surface area contributed by atoms with Crippen molar-refractivity contribution < 1.29 is 9.59 Å². The molecular weight excluding hydrogens is 398 g/mol. The molecule has 7 nitrogen and oxygen atoms in total. The first-order chi connectivity index (χ1) is 14.7. The van der Waals surface area contributed by atoms with Crippen LogP contribution in [0, 0.1) is 0 Å². The van der Waals surface area contributed by atoms with E-state index in [1.165, 1.54) is 12.8 Å². The highest BCUT2D eigenvalue weighted by Crippen LogP contribution is 2.32. The molecule has 8 heteroatoms. The van der Waals surface area contributed by atoms with E-state index in [1.54, 1.807) is 16.5 Å². The number of nitrogens with zero attached hydrogens (tertiary/aromatic N) is 4. The van der Waals surface area contributed by atoms with Gasteiger partial charge in [-0.3, -0.25) is 14.6 Å². The molecule has 4 rings (SSSR count). The summed E-state index contributed by atoms with van der Waals surface area (Å²) in [6, 6.07) is 4.95. The summed E-state index contributed by atoms with van der Waals surface area (Å²) in [6.07, 6.45) is 12.2. The predicted molar refractivity (Wildman–Crippen MR) is 115 cm³/mol. The van der Waals surface area contributed by atoms with Crippen molar-refractivity contribution in [3.8, 4) is 0 Å². The Hall–Kier alpha value is -2.35. The van der Waals surface area contributed by atoms with Crippen LogP contribution >= 0.6 is 11.5 Å². The second kappa shape index (κ2) is 10.1. The van der Waals surface area contributed by atoms with Gasteiger partial charge in [-0.05, 0) is 49.3 Å². The average Bonchev–Trinajstić information content (AvgIpc) is 3.34. The molecule has 160 valence electrons. The minimum atomic E-state index is -0.759. The normalized spacial score (nSPS) is 19.2. The molecule has 0 radical (unpaired) electrons. The van der Waals surface area contributed by atoms with Crippen LogP contribution in [-0.2, 0) is 4.79 Å². The highest BCUT2D eigenvalue weighted by molar-refractivity contribution is 7.03. The molecule has 0 aliphatic heterocycles. The van der Waals surface area contributed by atoms with Gasteiger partial charge in [-0.15, -0.1) is 5.10 Å². The van der Waals surface area contributed by atoms with E-state index < -0.39 is 6.04 Å². The summed E-state index contributed by atoms with van der Waals surface area (Å²) in [5.41, 5.74) is 0.907. The zero-order chi connectivity index (χ0) is 20.8. The molecule has 0 aromatic carbocycles. The summed E-state index contributed by atoms with van der Waals surface area (Å²) >= 11 is 1.15. The number of nitrogens with one attached hydrogen (secondary N) is 1. The van der Waals surface area contributed by atoms with E-state index in [0.29, 0.717) is 11.4 Å². The van der Waals surface area contributed by atoms with Crippen molar-refractivity contribution in [2.24, 2.45) is 0 Å². The van der Waals surface area contributed by atoms with E-state index in [4.69, 9.17) is 0 Å². The fraction of sp³-hybridized carbons (Fsp3) is 0.591. The Kier molecular flexibility index (Phi) is 7.04. The van der Waals surface area contributed by atoms with Crippen molar-refractivity contribution in [1.82, 2.24) is 24.8 Å². The van der Waals surface area contributed by atoms with E-state index in [1.807, 2.05) is 18.2 Å². The lowest BCUT2D eigenvalue weighted by molar-refractivity contribution is -0.128. The summed E-state index contributed by atoms with van der Waals surface area (Å²) in [4.78, 5) is 33.4. The molecule has 1 N–H and O–H groups in total. The first-order valence-electron chi connectivity index (χ1n) is 11.0. The van der Waals surface area contributed by atoms with E-state index >= 15 is 0 Å². The highest BCUT2D eigenvalue weighted by Gasteiger charge is 2.39. The number of carbonyl (C=O) groups excluding carboxylic acids is 2. The van der Waals surface area contributed by atoms with Gasteiger partial charge in [0.25, 0.3) is 5.91 Å². The van der Waals surface area contributed by atoms with Gasteiger partial charge in [0.1, 0.15) is 0 Å². The molecule has 2 aliphatic carbocycles.